The van der Waals surface area contributed by atoms with Crippen LogP contribution in [0.5, 0.6) is 0 Å². The van der Waals surface area contributed by atoms with Crippen molar-refractivity contribution in [2.45, 2.75) is 11.1 Å². The molecule has 0 aliphatic carbocycles. The third-order valence-corrected chi connectivity index (χ3v) is 5.81. The number of benzene rings is 2. The molecule has 0 fully saturated rings. The van der Waals surface area contributed by atoms with Gasteiger partial charge in [0.1, 0.15) is 5.82 Å². The monoisotopic (exact) mass is 401 g/mol. The Hall–Kier alpha value is -2.26. The van der Waals surface area contributed by atoms with Gasteiger partial charge in [-0.25, -0.2) is 17.8 Å². The molecule has 3 nitrogen and oxygen atoms in total. The van der Waals surface area contributed by atoms with E-state index in [9.17, 15) is 26.0 Å². The van der Waals surface area contributed by atoms with E-state index in [0.29, 0.717) is 11.3 Å². The molecular formula is C17H11F4NO2S2. The summed E-state index contributed by atoms with van der Waals surface area (Å²) in [6.45, 7) is 0. The zero-order chi connectivity index (χ0) is 19.1. The van der Waals surface area contributed by atoms with Crippen molar-refractivity contribution in [2.24, 2.45) is 0 Å². The van der Waals surface area contributed by atoms with Crippen molar-refractivity contribution >= 4 is 21.2 Å². The van der Waals surface area contributed by atoms with Gasteiger partial charge >= 0.3 is 6.18 Å². The summed E-state index contributed by atoms with van der Waals surface area (Å²) in [6, 6.07) is 10.6. The van der Waals surface area contributed by atoms with Crippen LogP contribution in [0.4, 0.5) is 17.6 Å². The van der Waals surface area contributed by atoms with E-state index < -0.39 is 26.8 Å². The molecule has 0 amide bonds. The van der Waals surface area contributed by atoms with Crippen molar-refractivity contribution in [3.63, 3.8) is 0 Å². The van der Waals surface area contributed by atoms with Crippen molar-refractivity contribution in [1.82, 2.24) is 4.98 Å². The van der Waals surface area contributed by atoms with Crippen LogP contribution >= 0.6 is 11.3 Å². The van der Waals surface area contributed by atoms with Gasteiger partial charge in [-0.15, -0.1) is 11.3 Å². The maximum atomic E-state index is 13.2. The highest BCUT2D eigenvalue weighted by molar-refractivity contribution is 7.90. The molecule has 1 aromatic heterocycles. The molecule has 0 atom stereocenters. The van der Waals surface area contributed by atoms with Gasteiger partial charge in [0.05, 0.1) is 15.5 Å². The second-order valence-electron chi connectivity index (χ2n) is 5.47. The van der Waals surface area contributed by atoms with Gasteiger partial charge in [-0.1, -0.05) is 18.2 Å². The second kappa shape index (κ2) is 6.48. The predicted octanol–water partition coefficient (Wildman–Crippen LogP) is 5.04. The Balaban J connectivity index is 2.31. The number of halogens is 4. The molecule has 9 heteroatoms. The molecular weight excluding hydrogens is 390 g/mol. The summed E-state index contributed by atoms with van der Waals surface area (Å²) in [4.78, 5) is 3.62. The fourth-order valence-electron chi connectivity index (χ4n) is 2.40. The standard InChI is InChI=1S/C17H11F4NO2S2/c1-26(23,24)13-5-3-2-4-12(13)15-14(10-6-8-11(18)9-7-10)22-16(25-15)17(19,20)21/h2-9H,1H3. The summed E-state index contributed by atoms with van der Waals surface area (Å²) >= 11 is 0.355. The summed E-state index contributed by atoms with van der Waals surface area (Å²) in [5, 5.41) is -1.10. The Kier molecular flexibility index (Phi) is 4.61. The van der Waals surface area contributed by atoms with Crippen LogP contribution in [0.25, 0.3) is 21.7 Å². The highest BCUT2D eigenvalue weighted by atomic mass is 32.2. The number of alkyl halides is 3. The number of hydrogen-bond acceptors (Lipinski definition) is 4. The van der Waals surface area contributed by atoms with E-state index in [2.05, 4.69) is 4.98 Å². The Morgan fingerprint density at radius 3 is 2.19 bits per heavy atom. The average molecular weight is 401 g/mol. The van der Waals surface area contributed by atoms with Crippen LogP contribution in [-0.4, -0.2) is 19.7 Å². The maximum Gasteiger partial charge on any atom is 0.443 e. The first kappa shape index (κ1) is 18.5. The van der Waals surface area contributed by atoms with Gasteiger partial charge in [0.25, 0.3) is 0 Å². The highest BCUT2D eigenvalue weighted by Crippen LogP contribution is 2.44. The van der Waals surface area contributed by atoms with Crippen molar-refractivity contribution in [3.05, 3.63) is 59.4 Å². The smallest absolute Gasteiger partial charge is 0.231 e. The third-order valence-electron chi connectivity index (χ3n) is 3.52. The fraction of sp³-hybridized carbons (Fsp3) is 0.118. The summed E-state index contributed by atoms with van der Waals surface area (Å²) < 4.78 is 76.8. The maximum absolute atomic E-state index is 13.2. The molecule has 3 aromatic rings. The third kappa shape index (κ3) is 3.63. The van der Waals surface area contributed by atoms with Gasteiger partial charge in [0, 0.05) is 17.4 Å². The first-order valence-corrected chi connectivity index (χ1v) is 9.91. The zero-order valence-corrected chi connectivity index (χ0v) is 14.8. The number of hydrogen-bond donors (Lipinski definition) is 0. The molecule has 0 unspecified atom stereocenters. The lowest BCUT2D eigenvalue weighted by atomic mass is 10.1. The minimum Gasteiger partial charge on any atom is -0.231 e. The predicted molar refractivity (Wildman–Crippen MR) is 91.1 cm³/mol. The van der Waals surface area contributed by atoms with Crippen LogP contribution in [0.3, 0.4) is 0 Å². The molecule has 3 rings (SSSR count). The van der Waals surface area contributed by atoms with Gasteiger partial charge in [-0.05, 0) is 30.3 Å². The van der Waals surface area contributed by atoms with Crippen molar-refractivity contribution in [1.29, 1.82) is 0 Å². The molecule has 0 N–H and O–H groups in total. The first-order chi connectivity index (χ1) is 12.1. The SMILES string of the molecule is CS(=O)(=O)c1ccccc1-c1sc(C(F)(F)F)nc1-c1ccc(F)cc1. The first-order valence-electron chi connectivity index (χ1n) is 7.21. The van der Waals surface area contributed by atoms with Gasteiger partial charge < -0.3 is 0 Å². The lowest BCUT2D eigenvalue weighted by Crippen LogP contribution is -2.03. The fourth-order valence-corrected chi connectivity index (χ4v) is 4.36. The number of sulfone groups is 1. The van der Waals surface area contributed by atoms with E-state index in [-0.39, 0.29) is 26.6 Å². The number of thiazole rings is 1. The number of aromatic nitrogens is 1. The average Bonchev–Trinajstić information content (AvgIpc) is 3.00. The lowest BCUT2D eigenvalue weighted by Gasteiger charge is -2.08. The van der Waals surface area contributed by atoms with E-state index in [4.69, 9.17) is 0 Å². The van der Waals surface area contributed by atoms with E-state index in [1.807, 2.05) is 0 Å². The molecule has 1 heterocycles. The lowest BCUT2D eigenvalue weighted by molar-refractivity contribution is -0.137. The van der Waals surface area contributed by atoms with Crippen molar-refractivity contribution < 1.29 is 26.0 Å². The molecule has 0 bridgehead atoms. The summed E-state index contributed by atoms with van der Waals surface area (Å²) in [6.07, 6.45) is -3.70. The second-order valence-corrected chi connectivity index (χ2v) is 8.45. The molecule has 2 aromatic carbocycles. The van der Waals surface area contributed by atoms with Crippen LogP contribution in [0, 0.1) is 5.82 Å². The van der Waals surface area contributed by atoms with Crippen molar-refractivity contribution in [2.75, 3.05) is 6.26 Å². The van der Waals surface area contributed by atoms with E-state index >= 15 is 0 Å². The van der Waals surface area contributed by atoms with Gasteiger partial charge in [-0.2, -0.15) is 13.2 Å². The van der Waals surface area contributed by atoms with E-state index in [0.717, 1.165) is 18.4 Å². The quantitative estimate of drug-likeness (QED) is 0.578. The molecule has 0 saturated heterocycles. The van der Waals surface area contributed by atoms with E-state index in [1.165, 1.54) is 36.4 Å². The Labute approximate surface area is 150 Å². The molecule has 0 saturated carbocycles. The highest BCUT2D eigenvalue weighted by Gasteiger charge is 2.37. The number of rotatable bonds is 3. The summed E-state index contributed by atoms with van der Waals surface area (Å²) in [5.74, 6) is -0.543. The van der Waals surface area contributed by atoms with E-state index in [1.54, 1.807) is 0 Å². The molecule has 0 aliphatic rings. The molecule has 136 valence electrons. The Bertz CT molecular complexity index is 1060. The van der Waals surface area contributed by atoms with Crippen LogP contribution in [0.1, 0.15) is 5.01 Å². The van der Waals surface area contributed by atoms with Crippen molar-refractivity contribution in [3.8, 4) is 21.7 Å². The van der Waals surface area contributed by atoms with Crippen LogP contribution in [0.2, 0.25) is 0 Å². The van der Waals surface area contributed by atoms with Crippen LogP contribution < -0.4 is 0 Å². The molecule has 26 heavy (non-hydrogen) atoms. The van der Waals surface area contributed by atoms with Gasteiger partial charge in [0.2, 0.25) is 0 Å². The summed E-state index contributed by atoms with van der Waals surface area (Å²) in [7, 11) is -3.68. The number of nitrogens with zero attached hydrogens (tertiary/aromatic N) is 1. The summed E-state index contributed by atoms with van der Waals surface area (Å²) in [5.41, 5.74) is 0.345. The normalized spacial score (nSPS) is 12.3. The molecule has 0 aliphatic heterocycles. The minimum absolute atomic E-state index is 0.0431. The Morgan fingerprint density at radius 2 is 1.62 bits per heavy atom. The van der Waals surface area contributed by atoms with Crippen LogP contribution in [0.15, 0.2) is 53.4 Å². The van der Waals surface area contributed by atoms with Gasteiger partial charge in [-0.3, -0.25) is 0 Å². The molecule has 0 radical (unpaired) electrons. The topological polar surface area (TPSA) is 47.0 Å². The van der Waals surface area contributed by atoms with Gasteiger partial charge in [0.15, 0.2) is 14.8 Å². The zero-order valence-electron chi connectivity index (χ0n) is 13.2. The van der Waals surface area contributed by atoms with Crippen LogP contribution in [-0.2, 0) is 16.0 Å². The molecule has 0 spiro atoms. The Morgan fingerprint density at radius 1 is 1.00 bits per heavy atom. The minimum atomic E-state index is -4.68. The largest absolute Gasteiger partial charge is 0.443 e.